The number of rotatable bonds is 7. The van der Waals surface area contributed by atoms with Gasteiger partial charge in [-0.05, 0) is 31.4 Å². The summed E-state index contributed by atoms with van der Waals surface area (Å²) < 4.78 is 5.66. The predicted molar refractivity (Wildman–Crippen MR) is 89.9 cm³/mol. The molecule has 1 unspecified atom stereocenters. The number of hydrogen-bond donors (Lipinski definition) is 2. The van der Waals surface area contributed by atoms with Gasteiger partial charge in [0.05, 0.1) is 6.61 Å². The summed E-state index contributed by atoms with van der Waals surface area (Å²) in [6, 6.07) is 16.6. The molecule has 0 amide bonds. The minimum absolute atomic E-state index is 0.327. The summed E-state index contributed by atoms with van der Waals surface area (Å²) in [6.07, 6.45) is 1.96. The molecule has 0 aliphatic rings. The molecule has 3 heteroatoms. The first-order chi connectivity index (χ1) is 10.2. The second-order valence-corrected chi connectivity index (χ2v) is 5.37. The summed E-state index contributed by atoms with van der Waals surface area (Å²) in [6.45, 7) is 4.97. The second kappa shape index (κ2) is 7.58. The van der Waals surface area contributed by atoms with E-state index < -0.39 is 0 Å². The van der Waals surface area contributed by atoms with Gasteiger partial charge in [-0.15, -0.1) is 0 Å². The molecular formula is C18H24N2O. The number of ether oxygens (including phenoxy) is 1. The number of nitrogens with one attached hydrogen (secondary N) is 1. The Hall–Kier alpha value is -2.16. The largest absolute Gasteiger partial charge is 0.493 e. The quantitative estimate of drug-likeness (QED) is 0.752. The lowest BCUT2D eigenvalue weighted by Crippen LogP contribution is -2.18. The third kappa shape index (κ3) is 5.03. The average Bonchev–Trinajstić information content (AvgIpc) is 2.45. The summed E-state index contributed by atoms with van der Waals surface area (Å²) in [5, 5.41) is 3.49. The minimum Gasteiger partial charge on any atom is -0.493 e. The van der Waals surface area contributed by atoms with E-state index >= 15 is 0 Å². The van der Waals surface area contributed by atoms with Crippen LogP contribution in [0.1, 0.15) is 25.8 Å². The van der Waals surface area contributed by atoms with E-state index in [0.717, 1.165) is 30.0 Å². The van der Waals surface area contributed by atoms with Gasteiger partial charge < -0.3 is 15.8 Å². The van der Waals surface area contributed by atoms with Crippen molar-refractivity contribution in [3.8, 4) is 5.75 Å². The van der Waals surface area contributed by atoms with E-state index in [4.69, 9.17) is 10.5 Å². The molecule has 0 aliphatic carbocycles. The fraction of sp³-hybridized carbons (Fsp3) is 0.333. The Morgan fingerprint density at radius 2 is 1.90 bits per heavy atom. The first-order valence-corrected chi connectivity index (χ1v) is 7.51. The van der Waals surface area contributed by atoms with E-state index in [-0.39, 0.29) is 0 Å². The summed E-state index contributed by atoms with van der Waals surface area (Å²) in [7, 11) is 0. The van der Waals surface area contributed by atoms with Gasteiger partial charge in [-0.25, -0.2) is 0 Å². The normalized spacial score (nSPS) is 11.9. The van der Waals surface area contributed by atoms with E-state index in [2.05, 4.69) is 43.4 Å². The molecule has 0 spiro atoms. The van der Waals surface area contributed by atoms with E-state index in [0.29, 0.717) is 12.6 Å². The highest BCUT2D eigenvalue weighted by Gasteiger charge is 2.06. The van der Waals surface area contributed by atoms with Crippen LogP contribution in [0.25, 0.3) is 0 Å². The van der Waals surface area contributed by atoms with Crippen LogP contribution in [0.2, 0.25) is 0 Å². The second-order valence-electron chi connectivity index (χ2n) is 5.37. The molecular weight excluding hydrogens is 260 g/mol. The third-order valence-corrected chi connectivity index (χ3v) is 3.20. The van der Waals surface area contributed by atoms with Crippen molar-refractivity contribution >= 4 is 11.4 Å². The summed E-state index contributed by atoms with van der Waals surface area (Å²) in [5.74, 6) is 0.825. The monoisotopic (exact) mass is 284 g/mol. The lowest BCUT2D eigenvalue weighted by molar-refractivity contribution is 0.318. The SMILES string of the molecule is CCCOc1cc(N)cc(NC(C)Cc2ccccc2)c1. The highest BCUT2D eigenvalue weighted by molar-refractivity contribution is 5.59. The fourth-order valence-electron chi connectivity index (χ4n) is 2.31. The molecule has 0 saturated carbocycles. The first-order valence-electron chi connectivity index (χ1n) is 7.51. The van der Waals surface area contributed by atoms with E-state index in [9.17, 15) is 0 Å². The van der Waals surface area contributed by atoms with Gasteiger partial charge in [0.15, 0.2) is 0 Å². The Labute approximate surface area is 127 Å². The van der Waals surface area contributed by atoms with Crippen molar-refractivity contribution in [3.05, 3.63) is 54.1 Å². The van der Waals surface area contributed by atoms with Gasteiger partial charge in [-0.3, -0.25) is 0 Å². The molecule has 3 nitrogen and oxygen atoms in total. The molecule has 112 valence electrons. The van der Waals surface area contributed by atoms with Gasteiger partial charge >= 0.3 is 0 Å². The van der Waals surface area contributed by atoms with Gasteiger partial charge in [0.2, 0.25) is 0 Å². The Morgan fingerprint density at radius 1 is 1.14 bits per heavy atom. The van der Waals surface area contributed by atoms with Crippen molar-refractivity contribution < 1.29 is 4.74 Å². The molecule has 0 aliphatic heterocycles. The van der Waals surface area contributed by atoms with Gasteiger partial charge in [0.25, 0.3) is 0 Å². The van der Waals surface area contributed by atoms with E-state index in [1.807, 2.05) is 24.3 Å². The highest BCUT2D eigenvalue weighted by atomic mass is 16.5. The smallest absolute Gasteiger partial charge is 0.123 e. The maximum absolute atomic E-state index is 5.94. The van der Waals surface area contributed by atoms with Crippen molar-refractivity contribution in [1.29, 1.82) is 0 Å². The molecule has 0 heterocycles. The summed E-state index contributed by atoms with van der Waals surface area (Å²) in [4.78, 5) is 0. The standard InChI is InChI=1S/C18H24N2O/c1-3-9-21-18-12-16(19)11-17(13-18)20-14(2)10-15-7-5-4-6-8-15/h4-8,11-14,20H,3,9-10,19H2,1-2H3. The lowest BCUT2D eigenvalue weighted by Gasteiger charge is -2.17. The average molecular weight is 284 g/mol. The van der Waals surface area contributed by atoms with E-state index in [1.54, 1.807) is 0 Å². The number of benzene rings is 2. The van der Waals surface area contributed by atoms with Crippen LogP contribution in [-0.2, 0) is 6.42 Å². The summed E-state index contributed by atoms with van der Waals surface area (Å²) >= 11 is 0. The van der Waals surface area contributed by atoms with Crippen molar-refractivity contribution in [2.75, 3.05) is 17.7 Å². The Kier molecular flexibility index (Phi) is 5.50. The summed E-state index contributed by atoms with van der Waals surface area (Å²) in [5.41, 5.74) is 8.99. The van der Waals surface area contributed by atoms with E-state index in [1.165, 1.54) is 5.56 Å². The van der Waals surface area contributed by atoms with Gasteiger partial charge in [0, 0.05) is 29.5 Å². The van der Waals surface area contributed by atoms with Crippen LogP contribution in [0.5, 0.6) is 5.75 Å². The van der Waals surface area contributed by atoms with Crippen molar-refractivity contribution in [3.63, 3.8) is 0 Å². The molecule has 3 N–H and O–H groups in total. The number of hydrogen-bond acceptors (Lipinski definition) is 3. The lowest BCUT2D eigenvalue weighted by atomic mass is 10.1. The highest BCUT2D eigenvalue weighted by Crippen LogP contribution is 2.23. The van der Waals surface area contributed by atoms with Crippen LogP contribution in [0, 0.1) is 0 Å². The third-order valence-electron chi connectivity index (χ3n) is 3.20. The molecule has 2 aromatic carbocycles. The van der Waals surface area contributed by atoms with Gasteiger partial charge in [-0.1, -0.05) is 37.3 Å². The van der Waals surface area contributed by atoms with Crippen LogP contribution in [-0.4, -0.2) is 12.6 Å². The number of nitrogens with two attached hydrogens (primary N) is 1. The minimum atomic E-state index is 0.327. The maximum atomic E-state index is 5.94. The zero-order valence-corrected chi connectivity index (χ0v) is 12.8. The van der Waals surface area contributed by atoms with Crippen molar-refractivity contribution in [1.82, 2.24) is 0 Å². The molecule has 0 fully saturated rings. The van der Waals surface area contributed by atoms with Crippen LogP contribution in [0.3, 0.4) is 0 Å². The topological polar surface area (TPSA) is 47.3 Å². The number of anilines is 2. The molecule has 1 atom stereocenters. The predicted octanol–water partition coefficient (Wildman–Crippen LogP) is 4.10. The zero-order chi connectivity index (χ0) is 15.1. The molecule has 2 rings (SSSR count). The van der Waals surface area contributed by atoms with Crippen LogP contribution >= 0.6 is 0 Å². The molecule has 0 saturated heterocycles. The van der Waals surface area contributed by atoms with Crippen molar-refractivity contribution in [2.45, 2.75) is 32.7 Å². The first kappa shape index (κ1) is 15.2. The molecule has 0 aromatic heterocycles. The van der Waals surface area contributed by atoms with Crippen molar-refractivity contribution in [2.24, 2.45) is 0 Å². The molecule has 2 aromatic rings. The Bertz CT molecular complexity index is 554. The van der Waals surface area contributed by atoms with Gasteiger partial charge in [0.1, 0.15) is 5.75 Å². The van der Waals surface area contributed by atoms with Crippen LogP contribution < -0.4 is 15.8 Å². The maximum Gasteiger partial charge on any atom is 0.123 e. The molecule has 21 heavy (non-hydrogen) atoms. The zero-order valence-electron chi connectivity index (χ0n) is 12.8. The number of nitrogen functional groups attached to an aromatic ring is 1. The molecule has 0 radical (unpaired) electrons. The van der Waals surface area contributed by atoms with Gasteiger partial charge in [-0.2, -0.15) is 0 Å². The van der Waals surface area contributed by atoms with Crippen LogP contribution in [0.15, 0.2) is 48.5 Å². The molecule has 0 bridgehead atoms. The fourth-order valence-corrected chi connectivity index (χ4v) is 2.31. The Morgan fingerprint density at radius 3 is 2.62 bits per heavy atom. The Balaban J connectivity index is 1.99. The van der Waals surface area contributed by atoms with Crippen LogP contribution in [0.4, 0.5) is 11.4 Å².